The molecule has 8 nitrogen and oxygen atoms in total. The van der Waals surface area contributed by atoms with Gasteiger partial charge in [0.15, 0.2) is 0 Å². The first-order valence-electron chi connectivity index (χ1n) is 13.4. The molecule has 2 N–H and O–H groups in total. The first kappa shape index (κ1) is 26.7. The monoisotopic (exact) mass is 556 g/mol. The maximum atomic E-state index is 14.0. The molecule has 0 aliphatic carbocycles. The number of para-hydroxylation sites is 1. The number of nitrogens with zero attached hydrogens (tertiary/aromatic N) is 3. The maximum Gasteiger partial charge on any atom is 0.335 e. The van der Waals surface area contributed by atoms with Crippen LogP contribution in [0, 0.1) is 6.92 Å². The average Bonchev–Trinajstić information content (AvgIpc) is 3.67. The van der Waals surface area contributed by atoms with Crippen molar-refractivity contribution in [1.29, 1.82) is 0 Å². The number of hydrogen-bond acceptors (Lipinski definition) is 5. The first-order chi connectivity index (χ1) is 20.4. The van der Waals surface area contributed by atoms with Gasteiger partial charge in [-0.05, 0) is 61.0 Å². The van der Waals surface area contributed by atoms with Gasteiger partial charge in [-0.15, -0.1) is 0 Å². The molecule has 6 rings (SSSR count). The SMILES string of the molecule is COc1ccc(C2C=C(c3cn(-c4ccccc4)nc3-c3ccc(C)cc3)N(C(=O)c3cccc(C(=O)O)c3)N2)cc1. The molecule has 2 heterocycles. The van der Waals surface area contributed by atoms with E-state index in [1.807, 2.05) is 98.1 Å². The number of carboxylic acids is 1. The molecule has 1 aliphatic rings. The number of hydrazine groups is 1. The standard InChI is InChI=1S/C34H28N4O4/c1-22-11-13-24(14-12-22)32-29(21-37(36-32)27-9-4-3-5-10-27)31-20-30(23-15-17-28(42-2)18-16-23)35-38(31)33(39)25-7-6-8-26(19-25)34(40)41/h3-21,30,35H,1-2H3,(H,40,41). The van der Waals surface area contributed by atoms with Crippen molar-refractivity contribution >= 4 is 17.6 Å². The van der Waals surface area contributed by atoms with E-state index >= 15 is 0 Å². The lowest BCUT2D eigenvalue weighted by molar-refractivity contribution is 0.0697. The fraction of sp³-hybridized carbons (Fsp3) is 0.0882. The number of methoxy groups -OCH3 is 1. The van der Waals surface area contributed by atoms with Crippen LogP contribution in [0.4, 0.5) is 0 Å². The molecular weight excluding hydrogens is 528 g/mol. The van der Waals surface area contributed by atoms with E-state index in [1.54, 1.807) is 23.9 Å². The summed E-state index contributed by atoms with van der Waals surface area (Å²) in [5.41, 5.74) is 9.52. The molecule has 5 aromatic rings. The van der Waals surface area contributed by atoms with Crippen LogP contribution >= 0.6 is 0 Å². The Kier molecular flexibility index (Phi) is 7.12. The largest absolute Gasteiger partial charge is 0.497 e. The van der Waals surface area contributed by atoms with E-state index < -0.39 is 5.97 Å². The number of aryl methyl sites for hydroxylation is 1. The Morgan fingerprint density at radius 2 is 1.60 bits per heavy atom. The van der Waals surface area contributed by atoms with E-state index in [2.05, 4.69) is 5.43 Å². The Morgan fingerprint density at radius 3 is 2.29 bits per heavy atom. The zero-order valence-electron chi connectivity index (χ0n) is 23.1. The molecule has 0 radical (unpaired) electrons. The molecule has 1 aromatic heterocycles. The van der Waals surface area contributed by atoms with Crippen molar-refractivity contribution in [3.05, 3.63) is 143 Å². The summed E-state index contributed by atoms with van der Waals surface area (Å²) in [6.45, 7) is 2.03. The predicted octanol–water partition coefficient (Wildman–Crippen LogP) is 6.30. The highest BCUT2D eigenvalue weighted by molar-refractivity contribution is 6.02. The predicted molar refractivity (Wildman–Crippen MR) is 160 cm³/mol. The second-order valence-corrected chi connectivity index (χ2v) is 10.00. The number of ether oxygens (including phenoxy) is 1. The molecule has 1 aliphatic heterocycles. The van der Waals surface area contributed by atoms with E-state index in [9.17, 15) is 14.7 Å². The third kappa shape index (κ3) is 5.18. The molecule has 4 aromatic carbocycles. The Morgan fingerprint density at radius 1 is 0.881 bits per heavy atom. The molecule has 8 heteroatoms. The fourth-order valence-corrected chi connectivity index (χ4v) is 4.95. The summed E-state index contributed by atoms with van der Waals surface area (Å²) in [6.07, 6.45) is 3.91. The number of carbonyl (C=O) groups is 2. The minimum absolute atomic E-state index is 0.0366. The summed E-state index contributed by atoms with van der Waals surface area (Å²) in [5.74, 6) is -0.760. The van der Waals surface area contributed by atoms with Gasteiger partial charge >= 0.3 is 5.97 Å². The van der Waals surface area contributed by atoms with Gasteiger partial charge in [-0.25, -0.2) is 19.9 Å². The summed E-state index contributed by atoms with van der Waals surface area (Å²) in [4.78, 5) is 25.7. The van der Waals surface area contributed by atoms with Crippen LogP contribution in [0.25, 0.3) is 22.6 Å². The lowest BCUT2D eigenvalue weighted by atomic mass is 10.0. The highest BCUT2D eigenvalue weighted by atomic mass is 16.5. The molecule has 0 fully saturated rings. The molecular formula is C34H28N4O4. The lowest BCUT2D eigenvalue weighted by Gasteiger charge is -2.22. The minimum atomic E-state index is -1.10. The first-order valence-corrected chi connectivity index (χ1v) is 13.4. The highest BCUT2D eigenvalue weighted by Crippen LogP contribution is 2.37. The molecule has 1 amide bonds. The number of benzene rings is 4. The van der Waals surface area contributed by atoms with Crippen LogP contribution in [0.15, 0.2) is 115 Å². The van der Waals surface area contributed by atoms with Crippen LogP contribution < -0.4 is 10.2 Å². The quantitative estimate of drug-likeness (QED) is 0.244. The number of amides is 1. The van der Waals surface area contributed by atoms with E-state index in [0.29, 0.717) is 11.4 Å². The molecule has 1 unspecified atom stereocenters. The van der Waals surface area contributed by atoms with Crippen LogP contribution in [-0.2, 0) is 0 Å². The van der Waals surface area contributed by atoms with Crippen molar-refractivity contribution in [2.75, 3.05) is 7.11 Å². The molecule has 0 spiro atoms. The van der Waals surface area contributed by atoms with Gasteiger partial charge in [-0.2, -0.15) is 5.10 Å². The van der Waals surface area contributed by atoms with Gasteiger partial charge in [0.1, 0.15) is 11.4 Å². The molecule has 208 valence electrons. The average molecular weight is 557 g/mol. The van der Waals surface area contributed by atoms with Crippen LogP contribution in [-0.4, -0.2) is 38.9 Å². The number of nitrogens with one attached hydrogen (secondary N) is 1. The van der Waals surface area contributed by atoms with Crippen molar-refractivity contribution in [3.63, 3.8) is 0 Å². The van der Waals surface area contributed by atoms with Crippen molar-refractivity contribution in [3.8, 4) is 22.7 Å². The van der Waals surface area contributed by atoms with E-state index in [0.717, 1.165) is 33.7 Å². The van der Waals surface area contributed by atoms with Crippen LogP contribution in [0.5, 0.6) is 5.75 Å². The fourth-order valence-electron chi connectivity index (χ4n) is 4.95. The maximum absolute atomic E-state index is 14.0. The summed E-state index contributed by atoms with van der Waals surface area (Å²) < 4.78 is 7.13. The van der Waals surface area contributed by atoms with Gasteiger partial charge in [0.25, 0.3) is 5.91 Å². The number of hydrogen-bond donors (Lipinski definition) is 2. The number of rotatable bonds is 7. The third-order valence-electron chi connectivity index (χ3n) is 7.20. The zero-order valence-corrected chi connectivity index (χ0v) is 23.1. The van der Waals surface area contributed by atoms with Crippen molar-refractivity contribution in [2.24, 2.45) is 0 Å². The Labute approximate surface area is 243 Å². The molecule has 0 saturated heterocycles. The molecule has 0 bridgehead atoms. The Hall–Kier alpha value is -5.47. The molecule has 42 heavy (non-hydrogen) atoms. The van der Waals surface area contributed by atoms with Crippen molar-refractivity contribution < 1.29 is 19.4 Å². The van der Waals surface area contributed by atoms with Gasteiger partial charge in [-0.1, -0.05) is 66.2 Å². The van der Waals surface area contributed by atoms with E-state index in [1.165, 1.54) is 17.1 Å². The van der Waals surface area contributed by atoms with Gasteiger partial charge in [0, 0.05) is 22.9 Å². The molecule has 0 saturated carbocycles. The van der Waals surface area contributed by atoms with E-state index in [-0.39, 0.29) is 23.1 Å². The molecule has 1 atom stereocenters. The van der Waals surface area contributed by atoms with E-state index in [4.69, 9.17) is 9.84 Å². The van der Waals surface area contributed by atoms with Gasteiger partial charge in [0.05, 0.1) is 30.1 Å². The van der Waals surface area contributed by atoms with Gasteiger partial charge in [-0.3, -0.25) is 4.79 Å². The topological polar surface area (TPSA) is 96.7 Å². The normalized spacial score (nSPS) is 14.5. The Balaban J connectivity index is 1.50. The number of carbonyl (C=O) groups excluding carboxylic acids is 1. The van der Waals surface area contributed by atoms with Crippen molar-refractivity contribution in [2.45, 2.75) is 13.0 Å². The smallest absolute Gasteiger partial charge is 0.335 e. The summed E-state index contributed by atoms with van der Waals surface area (Å²) in [6, 6.07) is 31.2. The van der Waals surface area contributed by atoms with Crippen LogP contribution in [0.1, 0.15) is 43.4 Å². The second-order valence-electron chi connectivity index (χ2n) is 10.00. The zero-order chi connectivity index (χ0) is 29.2. The third-order valence-corrected chi connectivity index (χ3v) is 7.20. The second kappa shape index (κ2) is 11.2. The van der Waals surface area contributed by atoms with Crippen LogP contribution in [0.3, 0.4) is 0 Å². The Bertz CT molecular complexity index is 1790. The van der Waals surface area contributed by atoms with Crippen molar-refractivity contribution in [1.82, 2.24) is 20.2 Å². The summed E-state index contributed by atoms with van der Waals surface area (Å²) >= 11 is 0. The summed E-state index contributed by atoms with van der Waals surface area (Å²) in [7, 11) is 1.61. The summed E-state index contributed by atoms with van der Waals surface area (Å²) in [5, 5.41) is 16.0. The number of aromatic nitrogens is 2. The van der Waals surface area contributed by atoms with Gasteiger partial charge < -0.3 is 9.84 Å². The van der Waals surface area contributed by atoms with Crippen LogP contribution in [0.2, 0.25) is 0 Å². The number of aromatic carboxylic acids is 1. The number of carboxylic acid groups (broad SMARTS) is 1. The van der Waals surface area contributed by atoms with Gasteiger partial charge in [0.2, 0.25) is 0 Å². The highest BCUT2D eigenvalue weighted by Gasteiger charge is 2.33. The minimum Gasteiger partial charge on any atom is -0.497 e. The lowest BCUT2D eigenvalue weighted by Crippen LogP contribution is -2.38.